The van der Waals surface area contributed by atoms with Crippen LogP contribution in [0.25, 0.3) is 121 Å². The zero-order chi connectivity index (χ0) is 101. The fourth-order valence-electron chi connectivity index (χ4n) is 12.8. The van der Waals surface area contributed by atoms with Crippen molar-refractivity contribution in [3.05, 3.63) is 392 Å². The summed E-state index contributed by atoms with van der Waals surface area (Å²) < 4.78 is 172. The quantitative estimate of drug-likeness (QED) is 0.0797. The number of pyridine rings is 6. The Bertz CT molecular complexity index is 7240. The summed E-state index contributed by atoms with van der Waals surface area (Å²) in [5.41, 5.74) is 19.1. The Morgan fingerprint density at radius 1 is 0.358 bits per heavy atom. The van der Waals surface area contributed by atoms with Crippen molar-refractivity contribution in [1.29, 1.82) is 0 Å². The molecule has 0 amide bonds. The molecule has 611 valence electrons. The summed E-state index contributed by atoms with van der Waals surface area (Å²) in [7, 11) is -6.44. The van der Waals surface area contributed by atoms with Gasteiger partial charge in [-0.25, -0.2) is 0 Å². The first-order valence-corrected chi connectivity index (χ1v) is 48.6. The Labute approximate surface area is 791 Å². The molecule has 7 aromatic heterocycles. The van der Waals surface area contributed by atoms with E-state index in [2.05, 4.69) is 213 Å². The molecule has 0 N–H and O–H groups in total. The van der Waals surface area contributed by atoms with Gasteiger partial charge in [0.05, 0.1) is 29.7 Å². The molecule has 0 saturated heterocycles. The molecule has 0 saturated carbocycles. The maximum atomic E-state index is 8.22. The fraction of sp³-hybridized carbons (Fsp3) is 0.159. The summed E-state index contributed by atoms with van der Waals surface area (Å²) in [4.78, 5) is 25.9. The minimum atomic E-state index is -3.77. The van der Waals surface area contributed by atoms with Gasteiger partial charge in [0.15, 0.2) is 0 Å². The third-order valence-corrected chi connectivity index (χ3v) is 25.7. The zero-order valence-corrected chi connectivity index (χ0v) is 79.8. The summed E-state index contributed by atoms with van der Waals surface area (Å²) in [5.74, 6) is 0.439. The van der Waals surface area contributed by atoms with Crippen LogP contribution in [0.1, 0.15) is 71.8 Å². The molecule has 0 atom stereocenters. The molecule has 7 heterocycles. The van der Waals surface area contributed by atoms with E-state index < -0.39 is 85.6 Å². The van der Waals surface area contributed by atoms with E-state index in [9.17, 15) is 0 Å². The number of aryl methyl sites for hydroxylation is 4. The Balaban J connectivity index is 0.000000194. The van der Waals surface area contributed by atoms with Gasteiger partial charge in [-0.05, 0) is 161 Å². The topological polar surface area (TPSA) is 77.3 Å². The van der Waals surface area contributed by atoms with Crippen LogP contribution in [0.5, 0.6) is 0 Å². The van der Waals surface area contributed by atoms with E-state index in [0.717, 1.165) is 79.1 Å². The molecule has 0 bridgehead atoms. The van der Waals surface area contributed by atoms with Crippen LogP contribution in [0.3, 0.4) is 0 Å². The number of rotatable bonds is 14. The minimum Gasteiger partial charge on any atom is -0.305 e. The zero-order valence-electron chi connectivity index (χ0n) is 90.8. The van der Waals surface area contributed by atoms with E-state index in [1.54, 1.807) is 48.9 Å². The molecule has 10 aromatic carbocycles. The average molecular weight is 2190 g/mol. The van der Waals surface area contributed by atoms with E-state index in [-0.39, 0.29) is 120 Å². The summed E-state index contributed by atoms with van der Waals surface area (Å²) in [6, 6.07) is 79.2. The number of fused-ring (bicyclic) bond motifs is 3. The fourth-order valence-corrected chi connectivity index (χ4v) is 17.2. The van der Waals surface area contributed by atoms with Crippen molar-refractivity contribution in [3.8, 4) is 101 Å². The first-order valence-electron chi connectivity index (χ1n) is 49.3. The molecular weight excluding hydrogens is 2060 g/mol. The summed E-state index contributed by atoms with van der Waals surface area (Å²) >= 11 is 1.82. The second kappa shape index (κ2) is 44.5. The molecule has 0 unspecified atom stereocenters. The van der Waals surface area contributed by atoms with Gasteiger partial charge in [-0.15, -0.1) is 203 Å². The second-order valence-electron chi connectivity index (χ2n) is 30.5. The van der Waals surface area contributed by atoms with Crippen LogP contribution in [-0.2, 0) is 66.7 Å². The van der Waals surface area contributed by atoms with Crippen molar-refractivity contribution in [1.82, 2.24) is 29.9 Å². The van der Waals surface area contributed by atoms with E-state index in [1.165, 1.54) is 59.3 Å². The molecule has 17 aromatic rings. The van der Waals surface area contributed by atoms with Crippen molar-refractivity contribution in [3.63, 3.8) is 0 Å². The molecule has 6 nitrogen and oxygen atoms in total. The Morgan fingerprint density at radius 3 is 1.32 bits per heavy atom. The Hall–Kier alpha value is -10.1. The molecule has 0 aliphatic carbocycles. The minimum absolute atomic E-state index is 0. The SMILES string of the molecule is Cc1cc([Si](C)(C)C)ccc1-c1cnc(-c2[c-]cc3sc4ccccc4c3c2)cc1C.[2H]C([2H])([2H])[Si](C)(c1ccc(-c2cnc(-c3[c-]cccc3)cc2C)c(C)c1)C([2H])([2H])[2H].[2H]c1[c-]c(-c2cc(CC(C)C)c(-c3ccc([Si](C)(C)C)cc3)cn2)c([2H])c([2H])c1[2H].[2H]c1[c-]c(-c2ccccn2)c([2H])c([2H])c1[2H].[2H]c1[c-]c(-c2nc([2H])c([2H])c([2H])c2[2H])c([2H])c([2H])c1[2H].[Ir].[Ir].[Ir].[c-]1ccccc1-c1ccccn1. The molecule has 17 rings (SSSR count). The van der Waals surface area contributed by atoms with E-state index in [0.29, 0.717) is 33.6 Å². The van der Waals surface area contributed by atoms with E-state index in [1.807, 2.05) is 123 Å². The molecule has 0 aliphatic rings. The van der Waals surface area contributed by atoms with Gasteiger partial charge in [0.2, 0.25) is 0 Å². The van der Waals surface area contributed by atoms with Crippen LogP contribution in [0.15, 0.2) is 328 Å². The third-order valence-electron chi connectivity index (χ3n) is 19.0. The second-order valence-corrected chi connectivity index (χ2v) is 44.6. The predicted molar refractivity (Wildman–Crippen MR) is 507 cm³/mol. The summed E-state index contributed by atoms with van der Waals surface area (Å²) in [6.45, 7) is 23.2. The summed E-state index contributed by atoms with van der Waals surface area (Å²) in [5, 5.41) is 5.93. The van der Waals surface area contributed by atoms with Gasteiger partial charge in [-0.3, -0.25) is 0 Å². The monoisotopic (exact) mass is 2190 g/mol. The maximum Gasteiger partial charge on any atom is 0.0830 e. The van der Waals surface area contributed by atoms with Gasteiger partial charge in [-0.2, -0.15) is 11.3 Å². The number of aromatic nitrogens is 6. The standard InChI is InChI=1S/C28H26NSSi.C24H28NSi.C22H24NSi.3C11H8N.3Ir/c1-18-14-21(31(3,4)5)11-12-22(18)25-17-29-26(15-19(25)2)20-10-13-28-24(16-20)23-8-6-7-9-27(23)30-28;1-18(2)15-21-16-24(20-9-7-6-8-10-20)25-17-23(21)19-11-13-22(14-12-19)26(3,4)5;1-16-13-19(24(3,4)5)11-12-20(16)21-15-23-22(14-17(21)2)18-9-7-6-8-10-18;3*1-2-6-10(7-3-1)11-8-4-5-9-12-11;;;/h6-9,11-17H,1-5H3;6-9,11-14,16-18H,15H2,1-5H3;6-9,11-15H,1-5H3;3*1-6,8-9H;;;/q6*-1;;;/i;6D,7D,8D,9D;3D3,4D3;1D,2D,3D,4D,5D,6D,8D,9D;1D,2D,3D,6D;;;;. The number of nitrogens with zero attached hydrogens (tertiary/aromatic N) is 6. The van der Waals surface area contributed by atoms with Gasteiger partial charge in [0, 0.05) is 135 Å². The van der Waals surface area contributed by atoms with Crippen LogP contribution in [0.2, 0.25) is 58.8 Å². The van der Waals surface area contributed by atoms with Gasteiger partial charge >= 0.3 is 0 Å². The molecule has 3 radical (unpaired) electrons. The number of thiophene rings is 1. The van der Waals surface area contributed by atoms with Crippen molar-refractivity contribution in [2.75, 3.05) is 0 Å². The van der Waals surface area contributed by atoms with Crippen molar-refractivity contribution < 1.29 is 90.5 Å². The number of hydrogen-bond acceptors (Lipinski definition) is 7. The first-order chi connectivity index (χ1) is 65.5. The van der Waals surface area contributed by atoms with Crippen molar-refractivity contribution in [2.24, 2.45) is 5.92 Å². The normalized spacial score (nSPS) is 13.7. The van der Waals surface area contributed by atoms with Gasteiger partial charge in [-0.1, -0.05) is 227 Å². The van der Waals surface area contributed by atoms with Crippen LogP contribution in [0, 0.1) is 70.0 Å². The molecule has 120 heavy (non-hydrogen) atoms. The summed E-state index contributed by atoms with van der Waals surface area (Å²) in [6.07, 6.45) is 9.35. The molecule has 13 heteroatoms. The predicted octanol–water partition coefficient (Wildman–Crippen LogP) is 26.7. The van der Waals surface area contributed by atoms with Crippen LogP contribution in [0.4, 0.5) is 0 Å². The average Bonchev–Trinajstić information content (AvgIpc) is 0.749. The Kier molecular flexibility index (Phi) is 24.7. The third kappa shape index (κ3) is 25.7. The first kappa shape index (κ1) is 66.6. The van der Waals surface area contributed by atoms with Crippen LogP contribution < -0.4 is 15.6 Å². The maximum absolute atomic E-state index is 8.22. The number of hydrogen-bond donors (Lipinski definition) is 0. The molecule has 0 aliphatic heterocycles. The van der Waals surface area contributed by atoms with Crippen molar-refractivity contribution >= 4 is 71.3 Å². The smallest absolute Gasteiger partial charge is 0.0830 e. The molecular formula is C107H102Ir3N6SSi3-6. The van der Waals surface area contributed by atoms with Gasteiger partial charge in [0.1, 0.15) is 0 Å². The molecule has 0 spiro atoms. The van der Waals surface area contributed by atoms with Crippen LogP contribution in [-0.4, -0.2) is 54.1 Å². The van der Waals surface area contributed by atoms with E-state index in [4.69, 9.17) is 35.1 Å². The number of benzene rings is 10. The van der Waals surface area contributed by atoms with Gasteiger partial charge < -0.3 is 29.9 Å². The van der Waals surface area contributed by atoms with Crippen LogP contribution >= 0.6 is 11.3 Å². The Morgan fingerprint density at radius 2 is 0.817 bits per heavy atom. The molecule has 0 fully saturated rings. The van der Waals surface area contributed by atoms with Gasteiger partial charge in [0.25, 0.3) is 0 Å². The largest absolute Gasteiger partial charge is 0.305 e. The van der Waals surface area contributed by atoms with Crippen molar-refractivity contribution in [2.45, 2.75) is 107 Å². The van der Waals surface area contributed by atoms with E-state index >= 15 is 0 Å².